The first kappa shape index (κ1) is 13.7. The van der Waals surface area contributed by atoms with Gasteiger partial charge in [-0.05, 0) is 31.2 Å². The number of hydrogen-bond acceptors (Lipinski definition) is 5. The Bertz CT molecular complexity index is 500. The first-order chi connectivity index (χ1) is 8.54. The third-order valence-corrected chi connectivity index (χ3v) is 4.44. The fourth-order valence-corrected chi connectivity index (χ4v) is 3.22. The van der Waals surface area contributed by atoms with Crippen LogP contribution in [0.5, 0.6) is 5.75 Å². The van der Waals surface area contributed by atoms with Gasteiger partial charge in [0.15, 0.2) is 0 Å². The molecule has 1 aromatic carbocycles. The maximum atomic E-state index is 12.2. The van der Waals surface area contributed by atoms with E-state index in [2.05, 4.69) is 12.6 Å². The Morgan fingerprint density at radius 2 is 2.11 bits per heavy atom. The van der Waals surface area contributed by atoms with Crippen LogP contribution in [0.15, 0.2) is 29.2 Å². The maximum absolute atomic E-state index is 12.2. The fourth-order valence-electron chi connectivity index (χ4n) is 1.61. The minimum absolute atomic E-state index is 0.0810. The van der Waals surface area contributed by atoms with Gasteiger partial charge in [0.05, 0.1) is 24.7 Å². The lowest BCUT2D eigenvalue weighted by atomic mass is 10.3. The van der Waals surface area contributed by atoms with Crippen LogP contribution in [-0.2, 0) is 14.9 Å². The molecule has 0 bridgehead atoms. The van der Waals surface area contributed by atoms with Gasteiger partial charge in [-0.15, -0.1) is 0 Å². The summed E-state index contributed by atoms with van der Waals surface area (Å²) in [5, 5.41) is -0.0810. The first-order valence-electron chi connectivity index (χ1n) is 5.60. The summed E-state index contributed by atoms with van der Waals surface area (Å²) in [5.41, 5.74) is 0. The Morgan fingerprint density at radius 1 is 1.44 bits per heavy atom. The molecule has 1 unspecified atom stereocenters. The minimum atomic E-state index is -3.60. The Kier molecular flexibility index (Phi) is 4.16. The molecule has 100 valence electrons. The van der Waals surface area contributed by atoms with Crippen LogP contribution in [0.4, 0.5) is 0 Å². The second-order valence-corrected chi connectivity index (χ2v) is 6.40. The number of thiol groups is 1. The summed E-state index contributed by atoms with van der Waals surface area (Å²) in [7, 11) is -3.60. The van der Waals surface area contributed by atoms with E-state index in [0.29, 0.717) is 19.0 Å². The Morgan fingerprint density at radius 3 is 2.61 bits per heavy atom. The number of sulfonamides is 1. The van der Waals surface area contributed by atoms with E-state index in [-0.39, 0.29) is 16.7 Å². The Hall–Kier alpha value is -0.760. The fraction of sp³-hybridized carbons (Fsp3) is 0.455. The normalized spacial score (nSPS) is 21.1. The van der Waals surface area contributed by atoms with Crippen LogP contribution in [0.3, 0.4) is 0 Å². The zero-order valence-corrected chi connectivity index (χ0v) is 11.7. The third-order valence-electron chi connectivity index (χ3n) is 2.47. The molecule has 1 fully saturated rings. The molecule has 1 aromatic rings. The molecule has 1 aliphatic rings. The summed E-state index contributed by atoms with van der Waals surface area (Å²) in [4.78, 5) is 5.29. The molecule has 7 heteroatoms. The molecule has 0 amide bonds. The van der Waals surface area contributed by atoms with Crippen LogP contribution in [0.2, 0.25) is 0 Å². The van der Waals surface area contributed by atoms with E-state index in [4.69, 9.17) is 9.57 Å². The number of benzene rings is 1. The van der Waals surface area contributed by atoms with Crippen molar-refractivity contribution in [3.8, 4) is 5.75 Å². The molecule has 1 saturated heterocycles. The highest BCUT2D eigenvalue weighted by Gasteiger charge is 2.32. The average Bonchev–Trinajstić information content (AvgIpc) is 2.78. The van der Waals surface area contributed by atoms with Crippen LogP contribution < -0.4 is 4.74 Å². The highest BCUT2D eigenvalue weighted by molar-refractivity contribution is 7.89. The molecule has 0 saturated carbocycles. The monoisotopic (exact) mass is 289 g/mol. The highest BCUT2D eigenvalue weighted by Crippen LogP contribution is 2.23. The van der Waals surface area contributed by atoms with E-state index < -0.39 is 10.0 Å². The van der Waals surface area contributed by atoms with Gasteiger partial charge in [-0.3, -0.25) is 4.84 Å². The summed E-state index contributed by atoms with van der Waals surface area (Å²) in [6.45, 7) is 2.98. The summed E-state index contributed by atoms with van der Waals surface area (Å²) >= 11 is 4.19. The van der Waals surface area contributed by atoms with Crippen molar-refractivity contribution in [2.45, 2.75) is 17.1 Å². The number of rotatable bonds is 4. The molecule has 2 rings (SSSR count). The zero-order chi connectivity index (χ0) is 13.2. The predicted octanol–water partition coefficient (Wildman–Crippen LogP) is 1.32. The topological polar surface area (TPSA) is 55.8 Å². The van der Waals surface area contributed by atoms with Gasteiger partial charge in [0.25, 0.3) is 10.0 Å². The van der Waals surface area contributed by atoms with E-state index in [0.717, 1.165) is 4.47 Å². The predicted molar refractivity (Wildman–Crippen MR) is 70.2 cm³/mol. The number of nitrogens with zero attached hydrogens (tertiary/aromatic N) is 1. The zero-order valence-electron chi connectivity index (χ0n) is 9.94. The van der Waals surface area contributed by atoms with Gasteiger partial charge in [-0.2, -0.15) is 12.6 Å². The molecule has 18 heavy (non-hydrogen) atoms. The Labute approximate surface area is 112 Å². The van der Waals surface area contributed by atoms with Crippen LogP contribution in [0.25, 0.3) is 0 Å². The largest absolute Gasteiger partial charge is 0.494 e. The molecular weight excluding hydrogens is 274 g/mol. The lowest BCUT2D eigenvalue weighted by molar-refractivity contribution is -0.0283. The SMILES string of the molecule is CCOc1ccc(S(=O)(=O)N2CC(S)CO2)cc1. The number of ether oxygens (including phenoxy) is 1. The van der Waals surface area contributed by atoms with Gasteiger partial charge < -0.3 is 4.74 Å². The van der Waals surface area contributed by atoms with Crippen molar-refractivity contribution in [1.29, 1.82) is 0 Å². The second-order valence-electron chi connectivity index (χ2n) is 3.84. The van der Waals surface area contributed by atoms with Gasteiger partial charge in [-0.1, -0.05) is 4.47 Å². The second kappa shape index (κ2) is 5.48. The first-order valence-corrected chi connectivity index (χ1v) is 7.56. The van der Waals surface area contributed by atoms with Crippen LogP contribution >= 0.6 is 12.6 Å². The van der Waals surface area contributed by atoms with Gasteiger partial charge >= 0.3 is 0 Å². The van der Waals surface area contributed by atoms with Gasteiger partial charge in [0.1, 0.15) is 5.75 Å². The molecule has 0 aromatic heterocycles. The van der Waals surface area contributed by atoms with Crippen molar-refractivity contribution in [1.82, 2.24) is 4.47 Å². The summed E-state index contributed by atoms with van der Waals surface area (Å²) < 4.78 is 30.6. The molecule has 0 N–H and O–H groups in total. The molecule has 0 aliphatic carbocycles. The van der Waals surface area contributed by atoms with Crippen molar-refractivity contribution in [3.05, 3.63) is 24.3 Å². The standard InChI is InChI=1S/C11H15NO4S2/c1-2-15-9-3-5-11(6-4-9)18(13,14)12-7-10(17)8-16-12/h3-6,10,17H,2,7-8H2,1H3. The third kappa shape index (κ3) is 2.80. The van der Waals surface area contributed by atoms with Crippen molar-refractivity contribution < 1.29 is 18.0 Å². The van der Waals surface area contributed by atoms with Gasteiger partial charge in [0, 0.05) is 5.25 Å². The van der Waals surface area contributed by atoms with Crippen molar-refractivity contribution in [3.63, 3.8) is 0 Å². The van der Waals surface area contributed by atoms with E-state index in [1.165, 1.54) is 12.1 Å². The lowest BCUT2D eigenvalue weighted by Crippen LogP contribution is -2.27. The number of hydroxylamine groups is 1. The quantitative estimate of drug-likeness (QED) is 0.849. The molecule has 5 nitrogen and oxygen atoms in total. The maximum Gasteiger partial charge on any atom is 0.265 e. The van der Waals surface area contributed by atoms with E-state index >= 15 is 0 Å². The molecule has 0 spiro atoms. The summed E-state index contributed by atoms with van der Waals surface area (Å²) in [6, 6.07) is 6.28. The smallest absolute Gasteiger partial charge is 0.265 e. The van der Waals surface area contributed by atoms with Crippen LogP contribution in [0, 0.1) is 0 Å². The number of hydrogen-bond donors (Lipinski definition) is 1. The van der Waals surface area contributed by atoms with Crippen LogP contribution in [-0.4, -0.2) is 37.9 Å². The van der Waals surface area contributed by atoms with Gasteiger partial charge in [0.2, 0.25) is 0 Å². The molecular formula is C11H15NO4S2. The molecule has 0 radical (unpaired) electrons. The summed E-state index contributed by atoms with van der Waals surface area (Å²) in [5.74, 6) is 0.644. The molecule has 1 atom stereocenters. The van der Waals surface area contributed by atoms with E-state index in [1.807, 2.05) is 6.92 Å². The molecule has 1 heterocycles. The molecule has 1 aliphatic heterocycles. The highest BCUT2D eigenvalue weighted by atomic mass is 32.2. The van der Waals surface area contributed by atoms with Crippen molar-refractivity contribution in [2.24, 2.45) is 0 Å². The van der Waals surface area contributed by atoms with E-state index in [1.54, 1.807) is 12.1 Å². The lowest BCUT2D eigenvalue weighted by Gasteiger charge is -2.14. The van der Waals surface area contributed by atoms with E-state index in [9.17, 15) is 8.42 Å². The minimum Gasteiger partial charge on any atom is -0.494 e. The average molecular weight is 289 g/mol. The van der Waals surface area contributed by atoms with Gasteiger partial charge in [-0.25, -0.2) is 8.42 Å². The Balaban J connectivity index is 2.19. The van der Waals surface area contributed by atoms with Crippen molar-refractivity contribution in [2.75, 3.05) is 19.8 Å². The summed E-state index contributed by atoms with van der Waals surface area (Å²) in [6.07, 6.45) is 0. The van der Waals surface area contributed by atoms with Crippen LogP contribution in [0.1, 0.15) is 6.92 Å². The van der Waals surface area contributed by atoms with Crippen molar-refractivity contribution >= 4 is 22.7 Å².